The Bertz CT molecular complexity index is 154. The summed E-state index contributed by atoms with van der Waals surface area (Å²) in [4.78, 5) is 20.7. The molecule has 0 aliphatic rings. The number of hydrogen-bond acceptors (Lipinski definition) is 2. The fourth-order valence-corrected chi connectivity index (χ4v) is 0.407. The van der Waals surface area contributed by atoms with Crippen LogP contribution in [0.5, 0.6) is 0 Å². The Labute approximate surface area is 59.1 Å². The van der Waals surface area contributed by atoms with E-state index in [-0.39, 0.29) is 12.3 Å². The van der Waals surface area contributed by atoms with E-state index in [0.717, 1.165) is 0 Å². The minimum atomic E-state index is -0.624. The molecule has 56 valence electrons. The Morgan fingerprint density at radius 3 is 2.60 bits per heavy atom. The van der Waals surface area contributed by atoms with Crippen molar-refractivity contribution in [3.63, 3.8) is 0 Å². The predicted molar refractivity (Wildman–Crippen MR) is 37.0 cm³/mol. The van der Waals surface area contributed by atoms with Crippen LogP contribution in [-0.2, 0) is 9.59 Å². The molecule has 0 atom stereocenters. The summed E-state index contributed by atoms with van der Waals surface area (Å²) in [5.41, 5.74) is 4.74. The van der Waals surface area contributed by atoms with Crippen LogP contribution in [0.15, 0.2) is 12.7 Å². The molecule has 0 aromatic carbocycles. The third-order valence-electron chi connectivity index (χ3n) is 0.778. The summed E-state index contributed by atoms with van der Waals surface area (Å²) in [6, 6.07) is 0. The third-order valence-corrected chi connectivity index (χ3v) is 0.778. The zero-order valence-corrected chi connectivity index (χ0v) is 5.59. The number of carbonyl (C=O) groups is 2. The number of nitrogens with one attached hydrogen (secondary N) is 1. The van der Waals surface area contributed by atoms with E-state index in [0.29, 0.717) is 6.54 Å². The molecule has 2 amide bonds. The van der Waals surface area contributed by atoms with Crippen LogP contribution in [0.4, 0.5) is 0 Å². The highest BCUT2D eigenvalue weighted by molar-refractivity contribution is 5.96. The summed E-state index contributed by atoms with van der Waals surface area (Å²) in [5, 5.41) is 2.41. The van der Waals surface area contributed by atoms with Gasteiger partial charge in [0.2, 0.25) is 11.8 Å². The second-order valence-corrected chi connectivity index (χ2v) is 1.74. The lowest BCUT2D eigenvalue weighted by atomic mass is 10.4. The van der Waals surface area contributed by atoms with Gasteiger partial charge in [-0.15, -0.1) is 6.58 Å². The lowest BCUT2D eigenvalue weighted by Crippen LogP contribution is -2.28. The van der Waals surface area contributed by atoms with Gasteiger partial charge in [0.05, 0.1) is 0 Å². The predicted octanol–water partition coefficient (Wildman–Crippen LogP) is -0.836. The zero-order chi connectivity index (χ0) is 7.98. The first-order valence-corrected chi connectivity index (χ1v) is 2.82. The van der Waals surface area contributed by atoms with Gasteiger partial charge < -0.3 is 11.1 Å². The second-order valence-electron chi connectivity index (χ2n) is 1.74. The number of rotatable bonds is 4. The SMILES string of the molecule is C=CCNC(=O)CC(N)=O. The summed E-state index contributed by atoms with van der Waals surface area (Å²) < 4.78 is 0. The van der Waals surface area contributed by atoms with Crippen LogP contribution >= 0.6 is 0 Å². The first kappa shape index (κ1) is 8.68. The molecule has 10 heavy (non-hydrogen) atoms. The zero-order valence-electron chi connectivity index (χ0n) is 5.59. The van der Waals surface area contributed by atoms with Crippen molar-refractivity contribution in [1.29, 1.82) is 0 Å². The van der Waals surface area contributed by atoms with Gasteiger partial charge in [0.15, 0.2) is 0 Å². The van der Waals surface area contributed by atoms with Crippen molar-refractivity contribution in [1.82, 2.24) is 5.32 Å². The highest BCUT2D eigenvalue weighted by Gasteiger charge is 2.02. The Morgan fingerprint density at radius 2 is 2.20 bits per heavy atom. The summed E-state index contributed by atoms with van der Waals surface area (Å²) >= 11 is 0. The lowest BCUT2D eigenvalue weighted by Gasteiger charge is -1.96. The molecule has 0 unspecified atom stereocenters. The van der Waals surface area contributed by atoms with Gasteiger partial charge in [-0.2, -0.15) is 0 Å². The topological polar surface area (TPSA) is 72.2 Å². The van der Waals surface area contributed by atoms with Crippen LogP contribution in [-0.4, -0.2) is 18.4 Å². The average Bonchev–Trinajstić information content (AvgIpc) is 1.82. The van der Waals surface area contributed by atoms with Crippen LogP contribution < -0.4 is 11.1 Å². The Hall–Kier alpha value is -1.32. The summed E-state index contributed by atoms with van der Waals surface area (Å²) in [6.45, 7) is 3.75. The fourth-order valence-electron chi connectivity index (χ4n) is 0.407. The van der Waals surface area contributed by atoms with Gasteiger partial charge in [0.1, 0.15) is 6.42 Å². The van der Waals surface area contributed by atoms with Gasteiger partial charge >= 0.3 is 0 Å². The van der Waals surface area contributed by atoms with Gasteiger partial charge in [-0.3, -0.25) is 9.59 Å². The minimum absolute atomic E-state index is 0.256. The lowest BCUT2D eigenvalue weighted by molar-refractivity contribution is -0.127. The highest BCUT2D eigenvalue weighted by Crippen LogP contribution is 1.75. The van der Waals surface area contributed by atoms with Crippen molar-refractivity contribution < 1.29 is 9.59 Å². The molecular weight excluding hydrogens is 132 g/mol. The van der Waals surface area contributed by atoms with E-state index >= 15 is 0 Å². The minimum Gasteiger partial charge on any atom is -0.369 e. The van der Waals surface area contributed by atoms with E-state index in [1.54, 1.807) is 0 Å². The van der Waals surface area contributed by atoms with Crippen LogP contribution in [0.1, 0.15) is 6.42 Å². The molecule has 4 heteroatoms. The van der Waals surface area contributed by atoms with Crippen molar-refractivity contribution in [2.24, 2.45) is 5.73 Å². The van der Waals surface area contributed by atoms with E-state index in [2.05, 4.69) is 11.9 Å². The van der Waals surface area contributed by atoms with Crippen LogP contribution in [0.3, 0.4) is 0 Å². The van der Waals surface area contributed by atoms with Crippen molar-refractivity contribution in [3.8, 4) is 0 Å². The van der Waals surface area contributed by atoms with E-state index in [1.165, 1.54) is 6.08 Å². The molecule has 0 fully saturated rings. The van der Waals surface area contributed by atoms with E-state index < -0.39 is 5.91 Å². The number of carbonyl (C=O) groups excluding carboxylic acids is 2. The number of amides is 2. The maximum atomic E-state index is 10.6. The number of hydrogen-bond donors (Lipinski definition) is 2. The van der Waals surface area contributed by atoms with Gasteiger partial charge in [0.25, 0.3) is 0 Å². The van der Waals surface area contributed by atoms with E-state index in [1.807, 2.05) is 0 Å². The van der Waals surface area contributed by atoms with Crippen molar-refractivity contribution >= 4 is 11.8 Å². The van der Waals surface area contributed by atoms with Crippen LogP contribution in [0, 0.1) is 0 Å². The van der Waals surface area contributed by atoms with Crippen molar-refractivity contribution in [2.45, 2.75) is 6.42 Å². The average molecular weight is 142 g/mol. The molecule has 0 radical (unpaired) electrons. The van der Waals surface area contributed by atoms with Crippen LogP contribution in [0.25, 0.3) is 0 Å². The molecule has 0 aliphatic heterocycles. The normalized spacial score (nSPS) is 8.40. The van der Waals surface area contributed by atoms with Gasteiger partial charge in [0, 0.05) is 6.54 Å². The molecule has 4 nitrogen and oxygen atoms in total. The van der Waals surface area contributed by atoms with Crippen molar-refractivity contribution in [3.05, 3.63) is 12.7 Å². The van der Waals surface area contributed by atoms with Crippen LogP contribution in [0.2, 0.25) is 0 Å². The number of primary amides is 1. The molecule has 0 aliphatic carbocycles. The molecular formula is C6H10N2O2. The maximum Gasteiger partial charge on any atom is 0.229 e. The second kappa shape index (κ2) is 4.55. The van der Waals surface area contributed by atoms with Gasteiger partial charge in [-0.25, -0.2) is 0 Å². The van der Waals surface area contributed by atoms with E-state index in [4.69, 9.17) is 5.73 Å². The quantitative estimate of drug-likeness (QED) is 0.397. The van der Waals surface area contributed by atoms with Gasteiger partial charge in [-0.1, -0.05) is 6.08 Å². The monoisotopic (exact) mass is 142 g/mol. The molecule has 0 rings (SSSR count). The fraction of sp³-hybridized carbons (Fsp3) is 0.333. The molecule has 0 saturated carbocycles. The smallest absolute Gasteiger partial charge is 0.229 e. The first-order chi connectivity index (χ1) is 4.66. The summed E-state index contributed by atoms with van der Waals surface area (Å²) in [5.74, 6) is -0.992. The van der Waals surface area contributed by atoms with Gasteiger partial charge in [-0.05, 0) is 0 Å². The summed E-state index contributed by atoms with van der Waals surface area (Å²) in [6.07, 6.45) is 1.27. The molecule has 0 heterocycles. The maximum absolute atomic E-state index is 10.6. The number of nitrogens with two attached hydrogens (primary N) is 1. The molecule has 0 bridgehead atoms. The first-order valence-electron chi connectivity index (χ1n) is 2.82. The highest BCUT2D eigenvalue weighted by atomic mass is 16.2. The van der Waals surface area contributed by atoms with Crippen molar-refractivity contribution in [2.75, 3.05) is 6.54 Å². The Balaban J connectivity index is 3.43. The molecule has 0 aromatic heterocycles. The molecule has 0 aromatic rings. The molecule has 0 spiro atoms. The van der Waals surface area contributed by atoms with E-state index in [9.17, 15) is 9.59 Å². The standard InChI is InChI=1S/C6H10N2O2/c1-2-3-8-6(10)4-5(7)9/h2H,1,3-4H2,(H2,7,9)(H,8,10). The Kier molecular flexibility index (Phi) is 3.95. The third kappa shape index (κ3) is 4.83. The molecule has 0 saturated heterocycles. The Morgan fingerprint density at radius 1 is 1.60 bits per heavy atom. The molecule has 3 N–H and O–H groups in total. The summed E-state index contributed by atoms with van der Waals surface area (Å²) in [7, 11) is 0. The largest absolute Gasteiger partial charge is 0.369 e.